The summed E-state index contributed by atoms with van der Waals surface area (Å²) < 4.78 is 0. The zero-order valence-electron chi connectivity index (χ0n) is 10.0. The molecule has 1 saturated heterocycles. The fourth-order valence-electron chi connectivity index (χ4n) is 2.88. The largest absolute Gasteiger partial charge is 0.295 e. The van der Waals surface area contributed by atoms with Crippen LogP contribution in [0.5, 0.6) is 0 Å². The van der Waals surface area contributed by atoms with Crippen LogP contribution < -0.4 is 0 Å². The molecule has 1 aromatic rings. The van der Waals surface area contributed by atoms with E-state index in [9.17, 15) is 0 Å². The smallest absolute Gasteiger partial charge is 0.0411 e. The van der Waals surface area contributed by atoms with Crippen LogP contribution in [0.25, 0.3) is 0 Å². The lowest BCUT2D eigenvalue weighted by Gasteiger charge is -2.55. The van der Waals surface area contributed by atoms with Gasteiger partial charge in [0.25, 0.3) is 0 Å². The van der Waals surface area contributed by atoms with Gasteiger partial charge in [0.2, 0.25) is 0 Å². The Kier molecular flexibility index (Phi) is 2.83. The van der Waals surface area contributed by atoms with Crippen molar-refractivity contribution in [3.05, 3.63) is 35.9 Å². The van der Waals surface area contributed by atoms with Gasteiger partial charge in [0, 0.05) is 12.6 Å². The first-order valence-electron chi connectivity index (χ1n) is 5.94. The van der Waals surface area contributed by atoms with Crippen molar-refractivity contribution in [2.75, 3.05) is 13.1 Å². The molecule has 0 radical (unpaired) electrons. The van der Waals surface area contributed by atoms with E-state index in [-0.39, 0.29) is 0 Å². The van der Waals surface area contributed by atoms with Crippen LogP contribution in [-0.4, -0.2) is 18.0 Å². The van der Waals surface area contributed by atoms with Crippen LogP contribution in [0.3, 0.4) is 0 Å². The van der Waals surface area contributed by atoms with E-state index >= 15 is 0 Å². The number of benzene rings is 1. The zero-order chi connectivity index (χ0) is 10.9. The SMILES string of the molecule is CCCN1CC(C)(C)C1c1ccccc1. The van der Waals surface area contributed by atoms with Crippen molar-refractivity contribution in [3.63, 3.8) is 0 Å². The molecule has 1 fully saturated rings. The molecule has 1 nitrogen and oxygen atoms in total. The van der Waals surface area contributed by atoms with E-state index in [2.05, 4.69) is 56.0 Å². The van der Waals surface area contributed by atoms with Gasteiger partial charge < -0.3 is 0 Å². The van der Waals surface area contributed by atoms with Gasteiger partial charge >= 0.3 is 0 Å². The molecule has 0 spiro atoms. The molecule has 2 rings (SSSR count). The van der Waals surface area contributed by atoms with Crippen molar-refractivity contribution in [3.8, 4) is 0 Å². The van der Waals surface area contributed by atoms with E-state index < -0.39 is 0 Å². The topological polar surface area (TPSA) is 3.24 Å². The third kappa shape index (κ3) is 1.93. The van der Waals surface area contributed by atoms with Crippen LogP contribution in [0, 0.1) is 5.41 Å². The van der Waals surface area contributed by atoms with Crippen LogP contribution in [-0.2, 0) is 0 Å². The second-order valence-electron chi connectivity index (χ2n) is 5.27. The van der Waals surface area contributed by atoms with E-state index in [4.69, 9.17) is 0 Å². The maximum atomic E-state index is 2.59. The lowest BCUT2D eigenvalue weighted by molar-refractivity contribution is -0.0518. The maximum absolute atomic E-state index is 2.59. The molecule has 0 aromatic heterocycles. The summed E-state index contributed by atoms with van der Waals surface area (Å²) in [6.07, 6.45) is 1.25. The molecule has 1 heterocycles. The lowest BCUT2D eigenvalue weighted by Crippen LogP contribution is -2.55. The van der Waals surface area contributed by atoms with Gasteiger partial charge in [-0.15, -0.1) is 0 Å². The lowest BCUT2D eigenvalue weighted by atomic mass is 9.71. The number of nitrogens with zero attached hydrogens (tertiary/aromatic N) is 1. The summed E-state index contributed by atoms with van der Waals surface area (Å²) in [6.45, 7) is 9.46. The van der Waals surface area contributed by atoms with Crippen molar-refractivity contribution >= 4 is 0 Å². The first-order valence-corrected chi connectivity index (χ1v) is 5.94. The summed E-state index contributed by atoms with van der Waals surface area (Å²) in [5.74, 6) is 0. The molecule has 0 amide bonds. The van der Waals surface area contributed by atoms with Crippen molar-refractivity contribution < 1.29 is 0 Å². The normalized spacial score (nSPS) is 24.9. The summed E-state index contributed by atoms with van der Waals surface area (Å²) >= 11 is 0. The molecule has 0 N–H and O–H groups in total. The molecule has 1 atom stereocenters. The molecular weight excluding hydrogens is 182 g/mol. The highest BCUT2D eigenvalue weighted by molar-refractivity contribution is 5.24. The molecule has 15 heavy (non-hydrogen) atoms. The van der Waals surface area contributed by atoms with Crippen molar-refractivity contribution in [1.29, 1.82) is 0 Å². The predicted molar refractivity (Wildman–Crippen MR) is 64.8 cm³/mol. The number of hydrogen-bond acceptors (Lipinski definition) is 1. The van der Waals surface area contributed by atoms with Gasteiger partial charge in [-0.3, -0.25) is 4.90 Å². The Hall–Kier alpha value is -0.820. The summed E-state index contributed by atoms with van der Waals surface area (Å²) in [5, 5.41) is 0. The van der Waals surface area contributed by atoms with E-state index in [1.165, 1.54) is 25.1 Å². The molecule has 1 aromatic carbocycles. The maximum Gasteiger partial charge on any atom is 0.0411 e. The van der Waals surface area contributed by atoms with E-state index in [1.807, 2.05) is 0 Å². The zero-order valence-corrected chi connectivity index (χ0v) is 10.0. The van der Waals surface area contributed by atoms with Crippen LogP contribution in [0.15, 0.2) is 30.3 Å². The fourth-order valence-corrected chi connectivity index (χ4v) is 2.88. The highest BCUT2D eigenvalue weighted by Crippen LogP contribution is 2.47. The average Bonchev–Trinajstić information content (AvgIpc) is 2.18. The van der Waals surface area contributed by atoms with Crippen molar-refractivity contribution in [2.24, 2.45) is 5.41 Å². The molecule has 0 bridgehead atoms. The van der Waals surface area contributed by atoms with Crippen molar-refractivity contribution in [1.82, 2.24) is 4.90 Å². The minimum absolute atomic E-state index is 0.441. The average molecular weight is 203 g/mol. The predicted octanol–water partition coefficient (Wildman–Crippen LogP) is 3.48. The molecule has 82 valence electrons. The van der Waals surface area contributed by atoms with Crippen molar-refractivity contribution in [2.45, 2.75) is 33.2 Å². The second kappa shape index (κ2) is 3.97. The van der Waals surface area contributed by atoms with E-state index in [0.717, 1.165) is 0 Å². The Balaban J connectivity index is 2.18. The standard InChI is InChI=1S/C14H21N/c1-4-10-15-11-14(2,3)13(15)12-8-6-5-7-9-12/h5-9,13H,4,10-11H2,1-3H3. The van der Waals surface area contributed by atoms with E-state index in [1.54, 1.807) is 0 Å². The van der Waals surface area contributed by atoms with Gasteiger partial charge in [0.05, 0.1) is 0 Å². The quantitative estimate of drug-likeness (QED) is 0.727. The van der Waals surface area contributed by atoms with Gasteiger partial charge in [0.1, 0.15) is 0 Å². The number of rotatable bonds is 3. The van der Waals surface area contributed by atoms with Gasteiger partial charge in [-0.1, -0.05) is 51.1 Å². The minimum atomic E-state index is 0.441. The highest BCUT2D eigenvalue weighted by atomic mass is 15.2. The van der Waals surface area contributed by atoms with Gasteiger partial charge in [0.15, 0.2) is 0 Å². The summed E-state index contributed by atoms with van der Waals surface area (Å²) in [4.78, 5) is 2.59. The Bertz CT molecular complexity index is 315. The van der Waals surface area contributed by atoms with Crippen LogP contribution in [0.2, 0.25) is 0 Å². The van der Waals surface area contributed by atoms with Gasteiger partial charge in [-0.2, -0.15) is 0 Å². The van der Waals surface area contributed by atoms with Crippen LogP contribution in [0.4, 0.5) is 0 Å². The molecule has 0 aliphatic carbocycles. The van der Waals surface area contributed by atoms with E-state index in [0.29, 0.717) is 11.5 Å². The summed E-state index contributed by atoms with van der Waals surface area (Å²) in [7, 11) is 0. The monoisotopic (exact) mass is 203 g/mol. The number of likely N-dealkylation sites (tertiary alicyclic amines) is 1. The molecule has 1 aliphatic heterocycles. The Labute approximate surface area is 93.1 Å². The third-order valence-corrected chi connectivity index (χ3v) is 3.34. The fraction of sp³-hybridized carbons (Fsp3) is 0.571. The van der Waals surface area contributed by atoms with Gasteiger partial charge in [-0.05, 0) is 23.9 Å². The Morgan fingerprint density at radius 1 is 1.27 bits per heavy atom. The van der Waals surface area contributed by atoms with Gasteiger partial charge in [-0.25, -0.2) is 0 Å². The highest BCUT2D eigenvalue weighted by Gasteiger charge is 2.45. The second-order valence-corrected chi connectivity index (χ2v) is 5.27. The van der Waals surface area contributed by atoms with Crippen LogP contribution in [0.1, 0.15) is 38.8 Å². The first-order chi connectivity index (χ1) is 7.15. The third-order valence-electron chi connectivity index (χ3n) is 3.34. The molecule has 1 heteroatoms. The molecule has 1 unspecified atom stereocenters. The molecule has 1 aliphatic rings. The van der Waals surface area contributed by atoms with Crippen LogP contribution >= 0.6 is 0 Å². The number of hydrogen-bond donors (Lipinski definition) is 0. The summed E-state index contributed by atoms with van der Waals surface area (Å²) in [6, 6.07) is 11.5. The Morgan fingerprint density at radius 2 is 1.93 bits per heavy atom. The summed E-state index contributed by atoms with van der Waals surface area (Å²) in [5.41, 5.74) is 1.92. The minimum Gasteiger partial charge on any atom is -0.295 e. The first kappa shape index (κ1) is 10.7. The Morgan fingerprint density at radius 3 is 2.47 bits per heavy atom. The molecule has 0 saturated carbocycles. The molecular formula is C14H21N.